The van der Waals surface area contributed by atoms with E-state index in [4.69, 9.17) is 11.5 Å². The quantitative estimate of drug-likeness (QED) is 0.588. The maximum Gasteiger partial charge on any atom is 0.307 e. The molecule has 0 heterocycles. The second kappa shape index (κ2) is 4.42. The zero-order chi connectivity index (χ0) is 9.78. The number of ether oxygens (including phenoxy) is 1. The van der Waals surface area contributed by atoms with Crippen LogP contribution in [0.3, 0.4) is 0 Å². The van der Waals surface area contributed by atoms with Crippen LogP contribution in [-0.4, -0.2) is 24.7 Å². The van der Waals surface area contributed by atoms with E-state index in [0.29, 0.717) is 0 Å². The van der Waals surface area contributed by atoms with Crippen molar-refractivity contribution in [1.82, 2.24) is 0 Å². The molecule has 12 heavy (non-hydrogen) atoms. The number of carbonyl (C=O) groups excluding carboxylic acids is 1. The fraction of sp³-hybridized carbons (Fsp3) is 0.875. The van der Waals surface area contributed by atoms with E-state index in [1.165, 1.54) is 7.11 Å². The van der Waals surface area contributed by atoms with Crippen LogP contribution < -0.4 is 11.5 Å². The summed E-state index contributed by atoms with van der Waals surface area (Å²) in [6, 6.07) is -0.170. The average molecular weight is 174 g/mol. The minimum atomic E-state index is -0.665. The molecule has 0 fully saturated rings. The van der Waals surface area contributed by atoms with Crippen LogP contribution in [0.5, 0.6) is 0 Å². The molecule has 0 rings (SSSR count). The molecule has 0 aromatic heterocycles. The Labute approximate surface area is 73.2 Å². The van der Waals surface area contributed by atoms with Gasteiger partial charge in [0.15, 0.2) is 0 Å². The Morgan fingerprint density at radius 2 is 2.17 bits per heavy atom. The van der Waals surface area contributed by atoms with E-state index in [1.54, 1.807) is 6.92 Å². The number of methoxy groups -OCH3 is 1. The lowest BCUT2D eigenvalue weighted by molar-refractivity contribution is -0.142. The number of carbonyl (C=O) groups is 1. The molecular weight excluding hydrogens is 156 g/mol. The molecule has 0 spiro atoms. The van der Waals surface area contributed by atoms with Crippen molar-refractivity contribution >= 4 is 5.97 Å². The Hall–Kier alpha value is -0.610. The van der Waals surface area contributed by atoms with Crippen LogP contribution in [0, 0.1) is 0 Å². The number of rotatable bonds is 4. The third-order valence-electron chi connectivity index (χ3n) is 2.04. The average Bonchev–Trinajstić information content (AvgIpc) is 2.02. The summed E-state index contributed by atoms with van der Waals surface area (Å²) in [6.07, 6.45) is 0.919. The van der Waals surface area contributed by atoms with Gasteiger partial charge in [-0.15, -0.1) is 0 Å². The standard InChI is InChI=1S/C8H18N2O2/c1-4-6(9)8(2,10)5-7(11)12-3/h6H,4-5,9-10H2,1-3H3. The van der Waals surface area contributed by atoms with Gasteiger partial charge in [0.05, 0.1) is 13.5 Å². The highest BCUT2D eigenvalue weighted by Crippen LogP contribution is 2.12. The van der Waals surface area contributed by atoms with E-state index in [-0.39, 0.29) is 18.4 Å². The molecule has 0 aromatic rings. The van der Waals surface area contributed by atoms with Crippen LogP contribution in [0.15, 0.2) is 0 Å². The summed E-state index contributed by atoms with van der Waals surface area (Å²) >= 11 is 0. The lowest BCUT2D eigenvalue weighted by atomic mass is 9.89. The lowest BCUT2D eigenvalue weighted by Crippen LogP contribution is -2.53. The highest BCUT2D eigenvalue weighted by molar-refractivity contribution is 5.70. The van der Waals surface area contributed by atoms with Crippen molar-refractivity contribution in [3.63, 3.8) is 0 Å². The number of hydrogen-bond acceptors (Lipinski definition) is 4. The van der Waals surface area contributed by atoms with Crippen LogP contribution in [0.2, 0.25) is 0 Å². The largest absolute Gasteiger partial charge is 0.469 e. The molecule has 0 aromatic carbocycles. The van der Waals surface area contributed by atoms with Gasteiger partial charge in [-0.25, -0.2) is 0 Å². The molecule has 0 amide bonds. The molecule has 0 saturated carbocycles. The van der Waals surface area contributed by atoms with Crippen molar-refractivity contribution in [3.05, 3.63) is 0 Å². The van der Waals surface area contributed by atoms with Crippen molar-refractivity contribution < 1.29 is 9.53 Å². The first-order valence-corrected chi connectivity index (χ1v) is 4.05. The third-order valence-corrected chi connectivity index (χ3v) is 2.04. The van der Waals surface area contributed by atoms with Crippen LogP contribution in [-0.2, 0) is 9.53 Å². The van der Waals surface area contributed by atoms with E-state index >= 15 is 0 Å². The van der Waals surface area contributed by atoms with Crippen molar-refractivity contribution in [2.24, 2.45) is 11.5 Å². The van der Waals surface area contributed by atoms with Crippen LogP contribution >= 0.6 is 0 Å². The first kappa shape index (κ1) is 11.4. The number of nitrogens with two attached hydrogens (primary N) is 2. The van der Waals surface area contributed by atoms with Gasteiger partial charge < -0.3 is 16.2 Å². The zero-order valence-corrected chi connectivity index (χ0v) is 7.96. The molecular formula is C8H18N2O2. The molecule has 0 bridgehead atoms. The molecule has 0 radical (unpaired) electrons. The first-order chi connectivity index (χ1) is 5.44. The Kier molecular flexibility index (Phi) is 4.20. The van der Waals surface area contributed by atoms with E-state index in [2.05, 4.69) is 4.74 Å². The molecule has 0 aliphatic heterocycles. The highest BCUT2D eigenvalue weighted by Gasteiger charge is 2.28. The third kappa shape index (κ3) is 3.19. The number of esters is 1. The molecule has 2 atom stereocenters. The van der Waals surface area contributed by atoms with Crippen LogP contribution in [0.25, 0.3) is 0 Å². The van der Waals surface area contributed by atoms with Gasteiger partial charge in [-0.2, -0.15) is 0 Å². The summed E-state index contributed by atoms with van der Waals surface area (Å²) in [6.45, 7) is 3.70. The Balaban J connectivity index is 4.11. The first-order valence-electron chi connectivity index (χ1n) is 4.05. The van der Waals surface area contributed by atoms with Crippen molar-refractivity contribution in [2.45, 2.75) is 38.3 Å². The van der Waals surface area contributed by atoms with Gasteiger partial charge in [-0.3, -0.25) is 4.79 Å². The molecule has 2 unspecified atom stereocenters. The smallest absolute Gasteiger partial charge is 0.307 e. The summed E-state index contributed by atoms with van der Waals surface area (Å²) in [5.41, 5.74) is 10.9. The van der Waals surface area contributed by atoms with E-state index < -0.39 is 5.54 Å². The summed E-state index contributed by atoms with van der Waals surface area (Å²) in [5.74, 6) is -0.316. The second-order valence-corrected chi connectivity index (χ2v) is 3.27. The van der Waals surface area contributed by atoms with E-state index in [1.807, 2.05) is 6.92 Å². The van der Waals surface area contributed by atoms with Gasteiger partial charge in [0.2, 0.25) is 0 Å². The lowest BCUT2D eigenvalue weighted by Gasteiger charge is -2.29. The fourth-order valence-corrected chi connectivity index (χ4v) is 0.981. The topological polar surface area (TPSA) is 78.3 Å². The SMILES string of the molecule is CCC(N)C(C)(N)CC(=O)OC. The van der Waals surface area contributed by atoms with Gasteiger partial charge >= 0.3 is 5.97 Å². The minimum Gasteiger partial charge on any atom is -0.469 e. The Morgan fingerprint density at radius 3 is 2.50 bits per heavy atom. The van der Waals surface area contributed by atoms with Crippen molar-refractivity contribution in [3.8, 4) is 0 Å². The predicted octanol–water partition coefficient (Wildman–Crippen LogP) is 0.00420. The molecule has 72 valence electrons. The summed E-state index contributed by atoms with van der Waals surface area (Å²) in [4.78, 5) is 10.9. The maximum absolute atomic E-state index is 10.9. The summed E-state index contributed by atoms with van der Waals surface area (Å²) in [5, 5.41) is 0. The Bertz CT molecular complexity index is 157. The van der Waals surface area contributed by atoms with Gasteiger partial charge in [-0.05, 0) is 13.3 Å². The molecule has 0 aliphatic rings. The van der Waals surface area contributed by atoms with Gasteiger partial charge in [0.1, 0.15) is 0 Å². The van der Waals surface area contributed by atoms with E-state index in [0.717, 1.165) is 6.42 Å². The van der Waals surface area contributed by atoms with Gasteiger partial charge in [-0.1, -0.05) is 6.92 Å². The highest BCUT2D eigenvalue weighted by atomic mass is 16.5. The minimum absolute atomic E-state index is 0.165. The van der Waals surface area contributed by atoms with Crippen molar-refractivity contribution in [1.29, 1.82) is 0 Å². The maximum atomic E-state index is 10.9. The van der Waals surface area contributed by atoms with Crippen LogP contribution in [0.1, 0.15) is 26.7 Å². The zero-order valence-electron chi connectivity index (χ0n) is 7.96. The second-order valence-electron chi connectivity index (χ2n) is 3.27. The monoisotopic (exact) mass is 174 g/mol. The summed E-state index contributed by atoms with van der Waals surface area (Å²) < 4.78 is 4.51. The van der Waals surface area contributed by atoms with Crippen LogP contribution in [0.4, 0.5) is 0 Å². The fourth-order valence-electron chi connectivity index (χ4n) is 0.981. The predicted molar refractivity (Wildman–Crippen MR) is 47.5 cm³/mol. The molecule has 4 heteroatoms. The van der Waals surface area contributed by atoms with Crippen molar-refractivity contribution in [2.75, 3.05) is 7.11 Å². The van der Waals surface area contributed by atoms with Gasteiger partial charge in [0.25, 0.3) is 0 Å². The van der Waals surface area contributed by atoms with E-state index in [9.17, 15) is 4.79 Å². The van der Waals surface area contributed by atoms with Gasteiger partial charge in [0, 0.05) is 11.6 Å². The number of hydrogen-bond donors (Lipinski definition) is 2. The normalized spacial score (nSPS) is 18.1. The molecule has 4 N–H and O–H groups in total. The Morgan fingerprint density at radius 1 is 1.67 bits per heavy atom. The molecule has 0 saturated heterocycles. The molecule has 4 nitrogen and oxygen atoms in total. The summed E-state index contributed by atoms with van der Waals surface area (Å²) in [7, 11) is 1.34. The molecule has 0 aliphatic carbocycles.